The van der Waals surface area contributed by atoms with Crippen LogP contribution in [0.1, 0.15) is 33.1 Å². The van der Waals surface area contributed by atoms with E-state index < -0.39 is 0 Å². The molecule has 1 aliphatic carbocycles. The Bertz CT molecular complexity index is 257. The van der Waals surface area contributed by atoms with Gasteiger partial charge in [0.25, 0.3) is 0 Å². The summed E-state index contributed by atoms with van der Waals surface area (Å²) in [5, 5.41) is 3.37. The predicted molar refractivity (Wildman–Crippen MR) is 65.1 cm³/mol. The van der Waals surface area contributed by atoms with Crippen molar-refractivity contribution in [2.24, 2.45) is 11.8 Å². The summed E-state index contributed by atoms with van der Waals surface area (Å²) in [6.45, 7) is 6.06. The molecule has 0 aromatic carbocycles. The number of methoxy groups -OCH3 is 1. The molecule has 3 nitrogen and oxygen atoms in total. The van der Waals surface area contributed by atoms with Crippen molar-refractivity contribution >= 4 is 5.97 Å². The average molecular weight is 225 g/mol. The van der Waals surface area contributed by atoms with Crippen molar-refractivity contribution in [3.05, 3.63) is 11.6 Å². The van der Waals surface area contributed by atoms with Gasteiger partial charge in [-0.25, -0.2) is 4.79 Å². The molecule has 0 heterocycles. The smallest absolute Gasteiger partial charge is 0.333 e. The van der Waals surface area contributed by atoms with E-state index >= 15 is 0 Å². The quantitative estimate of drug-likeness (QED) is 0.410. The Morgan fingerprint density at radius 2 is 2.25 bits per heavy atom. The Hall–Kier alpha value is -0.830. The first-order chi connectivity index (χ1) is 7.69. The van der Waals surface area contributed by atoms with Gasteiger partial charge in [-0.2, -0.15) is 0 Å². The van der Waals surface area contributed by atoms with Gasteiger partial charge in [0.05, 0.1) is 7.11 Å². The van der Waals surface area contributed by atoms with Crippen LogP contribution in [0.25, 0.3) is 0 Å². The zero-order chi connectivity index (χ0) is 12.0. The van der Waals surface area contributed by atoms with Gasteiger partial charge in [-0.3, -0.25) is 0 Å². The van der Waals surface area contributed by atoms with Gasteiger partial charge in [-0.05, 0) is 37.6 Å². The number of ether oxygens (including phenoxy) is 1. The highest BCUT2D eigenvalue weighted by Gasteiger charge is 2.27. The number of hydrogen-bond acceptors (Lipinski definition) is 3. The Morgan fingerprint density at radius 3 is 2.75 bits per heavy atom. The van der Waals surface area contributed by atoms with Crippen molar-refractivity contribution in [2.45, 2.75) is 33.1 Å². The van der Waals surface area contributed by atoms with Gasteiger partial charge in [0.1, 0.15) is 0 Å². The molecule has 3 heteroatoms. The Balaban J connectivity index is 2.20. The van der Waals surface area contributed by atoms with Gasteiger partial charge < -0.3 is 10.1 Å². The van der Waals surface area contributed by atoms with Crippen LogP contribution in [0.2, 0.25) is 0 Å². The summed E-state index contributed by atoms with van der Waals surface area (Å²) in [5.74, 6) is 1.49. The minimum Gasteiger partial charge on any atom is -0.466 e. The topological polar surface area (TPSA) is 38.3 Å². The molecule has 1 rings (SSSR count). The summed E-state index contributed by atoms with van der Waals surface area (Å²) in [5.41, 5.74) is 0.758. The van der Waals surface area contributed by atoms with Crippen molar-refractivity contribution in [3.8, 4) is 0 Å². The molecule has 0 bridgehead atoms. The second kappa shape index (κ2) is 6.69. The second-order valence-corrected chi connectivity index (χ2v) is 4.55. The summed E-state index contributed by atoms with van der Waals surface area (Å²) >= 11 is 0. The fourth-order valence-corrected chi connectivity index (χ4v) is 1.84. The number of rotatable bonds is 7. The molecule has 0 spiro atoms. The van der Waals surface area contributed by atoms with Crippen LogP contribution in [0.4, 0.5) is 0 Å². The van der Waals surface area contributed by atoms with E-state index in [1.165, 1.54) is 20.0 Å². The Morgan fingerprint density at radius 1 is 1.56 bits per heavy atom. The predicted octanol–water partition coefficient (Wildman–Crippen LogP) is 2.13. The molecule has 1 unspecified atom stereocenters. The SMILES string of the molecule is CCC(=CCNCC(C)C1CC1)C(=O)OC. The molecule has 1 saturated carbocycles. The standard InChI is InChI=1S/C13H23NO2/c1-4-11(13(15)16-3)7-8-14-9-10(2)12-5-6-12/h7,10,12,14H,4-6,8-9H2,1-3H3. The molecule has 92 valence electrons. The van der Waals surface area contributed by atoms with Gasteiger partial charge in [-0.15, -0.1) is 0 Å². The lowest BCUT2D eigenvalue weighted by Gasteiger charge is -2.10. The minimum absolute atomic E-state index is 0.209. The molecule has 1 N–H and O–H groups in total. The lowest BCUT2D eigenvalue weighted by Crippen LogP contribution is -2.23. The Labute approximate surface area is 98.2 Å². The van der Waals surface area contributed by atoms with E-state index in [1.54, 1.807) is 0 Å². The van der Waals surface area contributed by atoms with Crippen molar-refractivity contribution in [1.29, 1.82) is 0 Å². The maximum atomic E-state index is 11.3. The fraction of sp³-hybridized carbons (Fsp3) is 0.769. The van der Waals surface area contributed by atoms with E-state index in [4.69, 9.17) is 4.74 Å². The van der Waals surface area contributed by atoms with Gasteiger partial charge in [-0.1, -0.05) is 19.9 Å². The summed E-state index contributed by atoms with van der Waals surface area (Å²) in [4.78, 5) is 11.3. The van der Waals surface area contributed by atoms with Crippen LogP contribution in [-0.4, -0.2) is 26.2 Å². The van der Waals surface area contributed by atoms with Crippen LogP contribution in [0.3, 0.4) is 0 Å². The van der Waals surface area contributed by atoms with E-state index in [2.05, 4.69) is 12.2 Å². The number of carbonyl (C=O) groups excluding carboxylic acids is 1. The van der Waals surface area contributed by atoms with E-state index in [1.807, 2.05) is 13.0 Å². The van der Waals surface area contributed by atoms with Gasteiger partial charge in [0.2, 0.25) is 0 Å². The third-order valence-corrected chi connectivity index (χ3v) is 3.21. The number of esters is 1. The van der Waals surface area contributed by atoms with Gasteiger partial charge in [0, 0.05) is 12.1 Å². The molecular formula is C13H23NO2. The molecule has 1 atom stereocenters. The largest absolute Gasteiger partial charge is 0.466 e. The third kappa shape index (κ3) is 4.35. The molecule has 0 radical (unpaired) electrons. The fourth-order valence-electron chi connectivity index (χ4n) is 1.84. The molecule has 0 aromatic rings. The highest BCUT2D eigenvalue weighted by atomic mass is 16.5. The third-order valence-electron chi connectivity index (χ3n) is 3.21. The first-order valence-corrected chi connectivity index (χ1v) is 6.17. The van der Waals surface area contributed by atoms with E-state index in [-0.39, 0.29) is 5.97 Å². The first-order valence-electron chi connectivity index (χ1n) is 6.17. The zero-order valence-corrected chi connectivity index (χ0v) is 10.6. The van der Waals surface area contributed by atoms with E-state index in [0.717, 1.165) is 36.9 Å². The van der Waals surface area contributed by atoms with Crippen molar-refractivity contribution in [3.63, 3.8) is 0 Å². The minimum atomic E-state index is -0.209. The second-order valence-electron chi connectivity index (χ2n) is 4.55. The van der Waals surface area contributed by atoms with Crippen LogP contribution < -0.4 is 5.32 Å². The lowest BCUT2D eigenvalue weighted by atomic mass is 10.1. The van der Waals surface area contributed by atoms with Crippen LogP contribution in [0, 0.1) is 11.8 Å². The van der Waals surface area contributed by atoms with Crippen molar-refractivity contribution in [2.75, 3.05) is 20.2 Å². The summed E-state index contributed by atoms with van der Waals surface area (Å²) in [6.07, 6.45) is 5.44. The molecule has 0 aliphatic heterocycles. The van der Waals surface area contributed by atoms with Crippen LogP contribution in [0.15, 0.2) is 11.6 Å². The highest BCUT2D eigenvalue weighted by Crippen LogP contribution is 2.35. The Kier molecular flexibility index (Phi) is 5.53. The van der Waals surface area contributed by atoms with E-state index in [0.29, 0.717) is 0 Å². The number of nitrogens with one attached hydrogen (secondary N) is 1. The molecule has 1 fully saturated rings. The monoisotopic (exact) mass is 225 g/mol. The van der Waals surface area contributed by atoms with Crippen LogP contribution in [-0.2, 0) is 9.53 Å². The highest BCUT2D eigenvalue weighted by molar-refractivity contribution is 5.88. The van der Waals surface area contributed by atoms with Crippen molar-refractivity contribution < 1.29 is 9.53 Å². The molecule has 16 heavy (non-hydrogen) atoms. The summed E-state index contributed by atoms with van der Waals surface area (Å²) < 4.78 is 4.69. The van der Waals surface area contributed by atoms with Crippen LogP contribution in [0.5, 0.6) is 0 Å². The molecular weight excluding hydrogens is 202 g/mol. The average Bonchev–Trinajstić information content (AvgIpc) is 3.12. The normalized spacial score (nSPS) is 18.3. The maximum absolute atomic E-state index is 11.3. The lowest BCUT2D eigenvalue weighted by molar-refractivity contribution is -0.136. The zero-order valence-electron chi connectivity index (χ0n) is 10.6. The summed E-state index contributed by atoms with van der Waals surface area (Å²) in [7, 11) is 1.43. The number of hydrogen-bond donors (Lipinski definition) is 1. The van der Waals surface area contributed by atoms with Crippen LogP contribution >= 0.6 is 0 Å². The molecule has 1 aliphatic rings. The van der Waals surface area contributed by atoms with Gasteiger partial charge in [0.15, 0.2) is 0 Å². The summed E-state index contributed by atoms with van der Waals surface area (Å²) in [6, 6.07) is 0. The molecule has 0 amide bonds. The first kappa shape index (κ1) is 13.2. The van der Waals surface area contributed by atoms with E-state index in [9.17, 15) is 4.79 Å². The number of carbonyl (C=O) groups is 1. The molecule has 0 aromatic heterocycles. The molecule has 0 saturated heterocycles. The van der Waals surface area contributed by atoms with Gasteiger partial charge >= 0.3 is 5.97 Å². The van der Waals surface area contributed by atoms with Crippen molar-refractivity contribution in [1.82, 2.24) is 5.32 Å². The maximum Gasteiger partial charge on any atom is 0.333 e.